The number of pyridine rings is 2. The SMILES string of the molecule is CC(C)(C)O[C@]1(C)CC(=O)OCc2c1cc1n(c2=O)Cc2cc3cc(F)c(F)cc3nc2-1. The number of ether oxygens (including phenoxy) is 2. The zero-order valence-corrected chi connectivity index (χ0v) is 18.2. The van der Waals surface area contributed by atoms with E-state index in [1.54, 1.807) is 17.6 Å². The minimum atomic E-state index is -1.08. The van der Waals surface area contributed by atoms with Gasteiger partial charge >= 0.3 is 5.97 Å². The Labute approximate surface area is 182 Å². The van der Waals surface area contributed by atoms with Crippen molar-refractivity contribution < 1.29 is 23.0 Å². The van der Waals surface area contributed by atoms with E-state index in [-0.39, 0.29) is 25.1 Å². The molecule has 6 nitrogen and oxygen atoms in total. The molecule has 1 aromatic carbocycles. The van der Waals surface area contributed by atoms with E-state index in [1.807, 2.05) is 26.8 Å². The van der Waals surface area contributed by atoms with Crippen LogP contribution in [-0.2, 0) is 33.0 Å². The monoisotopic (exact) mass is 440 g/mol. The summed E-state index contributed by atoms with van der Waals surface area (Å²) in [5.41, 5.74) is 1.09. The van der Waals surface area contributed by atoms with E-state index in [4.69, 9.17) is 9.47 Å². The highest BCUT2D eigenvalue weighted by molar-refractivity contribution is 5.84. The summed E-state index contributed by atoms with van der Waals surface area (Å²) in [7, 11) is 0. The molecule has 0 spiro atoms. The number of cyclic esters (lactones) is 1. The maximum atomic E-state index is 13.8. The summed E-state index contributed by atoms with van der Waals surface area (Å²) in [5.74, 6) is -2.38. The van der Waals surface area contributed by atoms with Gasteiger partial charge in [0.15, 0.2) is 11.6 Å². The molecular weight excluding hydrogens is 418 g/mol. The van der Waals surface area contributed by atoms with Crippen molar-refractivity contribution in [3.63, 3.8) is 0 Å². The quantitative estimate of drug-likeness (QED) is 0.416. The number of nitrogens with zero attached hydrogens (tertiary/aromatic N) is 2. The number of hydrogen-bond donors (Lipinski definition) is 0. The Balaban J connectivity index is 1.75. The second kappa shape index (κ2) is 6.68. The molecule has 0 N–H and O–H groups in total. The number of esters is 1. The molecule has 0 saturated heterocycles. The molecule has 1 atom stereocenters. The van der Waals surface area contributed by atoms with Crippen LogP contribution in [0, 0.1) is 11.6 Å². The van der Waals surface area contributed by atoms with Gasteiger partial charge in [-0.05, 0) is 51.5 Å². The van der Waals surface area contributed by atoms with Crippen molar-refractivity contribution in [1.29, 1.82) is 0 Å². The summed E-state index contributed by atoms with van der Waals surface area (Å²) in [6, 6.07) is 5.69. The number of halogens is 2. The minimum Gasteiger partial charge on any atom is -0.460 e. The number of aromatic nitrogens is 2. The molecule has 4 heterocycles. The number of fused-ring (bicyclic) bond motifs is 5. The van der Waals surface area contributed by atoms with Crippen LogP contribution >= 0.6 is 0 Å². The lowest BCUT2D eigenvalue weighted by atomic mass is 9.88. The van der Waals surface area contributed by atoms with Crippen LogP contribution in [0.1, 0.15) is 50.8 Å². The van der Waals surface area contributed by atoms with E-state index in [0.29, 0.717) is 33.4 Å². The van der Waals surface area contributed by atoms with Gasteiger partial charge in [-0.25, -0.2) is 13.8 Å². The Hall–Kier alpha value is -3.13. The highest BCUT2D eigenvalue weighted by Gasteiger charge is 2.42. The van der Waals surface area contributed by atoms with Crippen LogP contribution < -0.4 is 5.56 Å². The van der Waals surface area contributed by atoms with E-state index >= 15 is 0 Å². The third kappa shape index (κ3) is 3.21. The predicted octanol–water partition coefficient (Wildman–Crippen LogP) is 4.18. The Morgan fingerprint density at radius 2 is 1.84 bits per heavy atom. The van der Waals surface area contributed by atoms with Crippen molar-refractivity contribution >= 4 is 16.9 Å². The van der Waals surface area contributed by atoms with E-state index in [0.717, 1.165) is 17.7 Å². The largest absolute Gasteiger partial charge is 0.460 e. The molecule has 0 saturated carbocycles. The Morgan fingerprint density at radius 3 is 2.56 bits per heavy atom. The first-order chi connectivity index (χ1) is 14.9. The molecule has 2 aliphatic rings. The van der Waals surface area contributed by atoms with Crippen molar-refractivity contribution in [1.82, 2.24) is 9.55 Å². The first kappa shape index (κ1) is 20.8. The van der Waals surface area contributed by atoms with E-state index in [1.165, 1.54) is 0 Å². The van der Waals surface area contributed by atoms with Crippen molar-refractivity contribution in [2.75, 3.05) is 0 Å². The molecule has 166 valence electrons. The first-order valence-corrected chi connectivity index (χ1v) is 10.4. The Kier molecular flexibility index (Phi) is 4.33. The summed E-state index contributed by atoms with van der Waals surface area (Å²) in [5, 5.41) is 0.458. The van der Waals surface area contributed by atoms with Gasteiger partial charge in [-0.15, -0.1) is 0 Å². The standard InChI is InChI=1S/C24H22F2N2O4/c1-23(2,3)32-24(4)9-20(29)31-11-14-15(24)7-19-21-13(10-28(19)22(14)30)5-12-6-16(25)17(26)8-18(12)27-21/h5-8H,9-11H2,1-4H3/t24-/m1/s1. The number of rotatable bonds is 1. The molecule has 2 aromatic heterocycles. The van der Waals surface area contributed by atoms with Gasteiger partial charge in [0.1, 0.15) is 12.2 Å². The summed E-state index contributed by atoms with van der Waals surface area (Å²) in [6.45, 7) is 7.52. The average molecular weight is 440 g/mol. The van der Waals surface area contributed by atoms with Gasteiger partial charge in [-0.1, -0.05) is 0 Å². The molecule has 32 heavy (non-hydrogen) atoms. The fourth-order valence-electron chi connectivity index (χ4n) is 4.72. The first-order valence-electron chi connectivity index (χ1n) is 10.4. The van der Waals surface area contributed by atoms with Gasteiger partial charge in [0.05, 0.1) is 41.0 Å². The maximum absolute atomic E-state index is 13.8. The van der Waals surface area contributed by atoms with E-state index in [9.17, 15) is 18.4 Å². The molecule has 0 bridgehead atoms. The molecule has 0 amide bonds. The number of carbonyl (C=O) groups excluding carboxylic acids is 1. The molecule has 3 aromatic rings. The fraction of sp³-hybridized carbons (Fsp3) is 0.375. The van der Waals surface area contributed by atoms with Crippen molar-refractivity contribution in [2.24, 2.45) is 0 Å². The zero-order chi connectivity index (χ0) is 23.0. The lowest BCUT2D eigenvalue weighted by molar-refractivity contribution is -0.162. The van der Waals surface area contributed by atoms with Crippen LogP contribution in [0.5, 0.6) is 0 Å². The van der Waals surface area contributed by atoms with Crippen LogP contribution in [0.2, 0.25) is 0 Å². The smallest absolute Gasteiger partial charge is 0.309 e. The summed E-state index contributed by atoms with van der Waals surface area (Å²) in [6.07, 6.45) is -0.0390. The zero-order valence-electron chi connectivity index (χ0n) is 18.2. The highest BCUT2D eigenvalue weighted by atomic mass is 19.2. The van der Waals surface area contributed by atoms with Gasteiger partial charge in [0, 0.05) is 17.0 Å². The van der Waals surface area contributed by atoms with Crippen LogP contribution in [0.3, 0.4) is 0 Å². The molecule has 8 heteroatoms. The van der Waals surface area contributed by atoms with Crippen LogP contribution in [-0.4, -0.2) is 21.1 Å². The number of carbonyl (C=O) groups is 1. The van der Waals surface area contributed by atoms with Crippen molar-refractivity contribution in [3.8, 4) is 11.4 Å². The van der Waals surface area contributed by atoms with Gasteiger partial charge in [0.2, 0.25) is 0 Å². The third-order valence-electron chi connectivity index (χ3n) is 5.87. The third-order valence-corrected chi connectivity index (χ3v) is 5.87. The predicted molar refractivity (Wildman–Crippen MR) is 113 cm³/mol. The van der Waals surface area contributed by atoms with Gasteiger partial charge in [-0.3, -0.25) is 9.59 Å². The number of hydrogen-bond acceptors (Lipinski definition) is 5. The Bertz CT molecular complexity index is 1370. The molecule has 5 rings (SSSR count). The molecular formula is C24H22F2N2O4. The van der Waals surface area contributed by atoms with Gasteiger partial charge in [-0.2, -0.15) is 0 Å². The summed E-state index contributed by atoms with van der Waals surface area (Å²) >= 11 is 0. The molecule has 0 fully saturated rings. The average Bonchev–Trinajstić information content (AvgIpc) is 2.96. The fourth-order valence-corrected chi connectivity index (χ4v) is 4.72. The molecule has 0 radical (unpaired) electrons. The van der Waals surface area contributed by atoms with E-state index in [2.05, 4.69) is 4.98 Å². The van der Waals surface area contributed by atoms with Gasteiger partial charge < -0.3 is 14.0 Å². The highest BCUT2D eigenvalue weighted by Crippen LogP contribution is 2.41. The van der Waals surface area contributed by atoms with Gasteiger partial charge in [0.25, 0.3) is 5.56 Å². The summed E-state index contributed by atoms with van der Waals surface area (Å²) in [4.78, 5) is 30.3. The second-order valence-electron chi connectivity index (χ2n) is 9.55. The van der Waals surface area contributed by atoms with Crippen molar-refractivity contribution in [2.45, 2.75) is 58.5 Å². The minimum absolute atomic E-state index is 0.0390. The maximum Gasteiger partial charge on any atom is 0.309 e. The number of benzene rings is 1. The topological polar surface area (TPSA) is 70.4 Å². The lowest BCUT2D eigenvalue weighted by Crippen LogP contribution is -2.38. The Morgan fingerprint density at radius 1 is 1.12 bits per heavy atom. The normalized spacial score (nSPS) is 19.9. The van der Waals surface area contributed by atoms with Crippen LogP contribution in [0.25, 0.3) is 22.3 Å². The van der Waals surface area contributed by atoms with E-state index < -0.39 is 28.8 Å². The van der Waals surface area contributed by atoms with Crippen LogP contribution in [0.4, 0.5) is 8.78 Å². The lowest BCUT2D eigenvalue weighted by Gasteiger charge is -2.36. The summed E-state index contributed by atoms with van der Waals surface area (Å²) < 4.78 is 40.7. The molecule has 0 unspecified atom stereocenters. The van der Waals surface area contributed by atoms with Crippen LogP contribution in [0.15, 0.2) is 29.1 Å². The second-order valence-corrected chi connectivity index (χ2v) is 9.55. The molecule has 2 aliphatic heterocycles. The van der Waals surface area contributed by atoms with Crippen molar-refractivity contribution in [3.05, 3.63) is 62.9 Å². The molecule has 0 aliphatic carbocycles.